The summed E-state index contributed by atoms with van der Waals surface area (Å²) in [6.45, 7) is 15.5. The van der Waals surface area contributed by atoms with E-state index in [1.807, 2.05) is 67.5 Å². The Morgan fingerprint density at radius 1 is 0.604 bits per heavy atom. The maximum atomic E-state index is 17.6. The zero-order chi connectivity index (χ0) is 39.5. The molecule has 0 aliphatic heterocycles. The number of carbonyl (C=O) groups is 3. The Hall–Kier alpha value is -4.68. The van der Waals surface area contributed by atoms with Crippen molar-refractivity contribution in [3.05, 3.63) is 118 Å². The normalized spacial score (nSPS) is 14.0. The number of methoxy groups -OCH3 is 4. The van der Waals surface area contributed by atoms with Crippen molar-refractivity contribution in [1.29, 1.82) is 0 Å². The molecule has 0 amide bonds. The van der Waals surface area contributed by atoms with Gasteiger partial charge in [0, 0.05) is 5.56 Å². The fourth-order valence-corrected chi connectivity index (χ4v) is 12.1. The number of ketones is 1. The van der Waals surface area contributed by atoms with Crippen LogP contribution in [-0.2, 0) is 9.72 Å². The Morgan fingerprint density at radius 3 is 1.34 bits per heavy atom. The molecule has 0 heterocycles. The molecule has 4 aromatic rings. The number of benzene rings is 4. The second kappa shape index (κ2) is 15.7. The van der Waals surface area contributed by atoms with Crippen LogP contribution in [0.1, 0.15) is 101 Å². The predicted octanol–water partition coefficient (Wildman–Crippen LogP) is 10.6. The van der Waals surface area contributed by atoms with E-state index in [9.17, 15) is 0 Å². The zero-order valence-corrected chi connectivity index (χ0v) is 34.0. The van der Waals surface area contributed by atoms with Crippen LogP contribution in [0.5, 0.6) is 23.0 Å². The maximum absolute atomic E-state index is 17.6. The number of hydrogen-bond acceptors (Lipinski definition) is 8. The van der Waals surface area contributed by atoms with Gasteiger partial charge in [0.05, 0.1) is 28.4 Å². The molecule has 0 aromatic heterocycles. The largest absolute Gasteiger partial charge is 0.496 e. The molecule has 0 saturated heterocycles. The molecular formula is C44H53O8P. The van der Waals surface area contributed by atoms with Crippen LogP contribution in [0.25, 0.3) is 0 Å². The van der Waals surface area contributed by atoms with E-state index in [0.29, 0.717) is 23.1 Å². The van der Waals surface area contributed by atoms with Gasteiger partial charge in [-0.15, -0.1) is 0 Å². The molecule has 53 heavy (non-hydrogen) atoms. The fraction of sp³-hybridized carbons (Fsp3) is 0.386. The lowest BCUT2D eigenvalue weighted by molar-refractivity contribution is 0.0677. The number of rotatable bonds is 15. The van der Waals surface area contributed by atoms with E-state index in [1.54, 1.807) is 66.7 Å². The van der Waals surface area contributed by atoms with Gasteiger partial charge in [0.2, 0.25) is 18.2 Å². The molecule has 0 saturated carbocycles. The summed E-state index contributed by atoms with van der Waals surface area (Å²) in [5.74, 6) is -0.415. The molecule has 4 rings (SSSR count). The Labute approximate surface area is 314 Å². The van der Waals surface area contributed by atoms with Crippen molar-refractivity contribution in [2.75, 3.05) is 28.4 Å². The summed E-state index contributed by atoms with van der Waals surface area (Å²) >= 11 is 0. The summed E-state index contributed by atoms with van der Waals surface area (Å²) in [6, 6.07) is 21.9. The van der Waals surface area contributed by atoms with Gasteiger partial charge >= 0.3 is 0 Å². The number of aryl methyl sites for hydroxylation is 3. The standard InChI is InChI=1S/C44H53O8P/c1-13-43(8,27-42(5,6)7)44(31-19-15-14-16-20-31,39(45)36-29(3)25-28(2)26-30(36)4)53(48,40(46)37-32(49-9)21-17-22-33(37)50-10)41(47)38-34(51-11)23-18-24-35(38)52-12/h14-26H,13,27H2,1-12H3. The quantitative estimate of drug-likeness (QED) is 0.0876. The van der Waals surface area contributed by atoms with Crippen LogP contribution in [0.15, 0.2) is 78.9 Å². The van der Waals surface area contributed by atoms with Crippen molar-refractivity contribution in [2.24, 2.45) is 10.8 Å². The molecule has 0 fully saturated rings. The van der Waals surface area contributed by atoms with E-state index in [4.69, 9.17) is 18.9 Å². The molecule has 9 heteroatoms. The third kappa shape index (κ3) is 6.94. The Balaban J connectivity index is 2.46. The van der Waals surface area contributed by atoms with Gasteiger partial charge in [0.1, 0.15) is 39.3 Å². The van der Waals surface area contributed by atoms with Crippen LogP contribution in [0.3, 0.4) is 0 Å². The number of Topliss-reactive ketones (excluding diaryl/α,β-unsaturated/α-hetero) is 1. The highest BCUT2D eigenvalue weighted by Gasteiger charge is 2.71. The Bertz CT molecular complexity index is 1920. The molecular weight excluding hydrogens is 687 g/mol. The highest BCUT2D eigenvalue weighted by molar-refractivity contribution is 7.97. The van der Waals surface area contributed by atoms with Crippen LogP contribution in [0, 0.1) is 31.6 Å². The first kappa shape index (κ1) is 41.1. The third-order valence-corrected chi connectivity index (χ3v) is 13.9. The smallest absolute Gasteiger partial charge is 0.239 e. The van der Waals surface area contributed by atoms with Crippen molar-refractivity contribution in [3.8, 4) is 23.0 Å². The first-order valence-corrected chi connectivity index (χ1v) is 19.4. The van der Waals surface area contributed by atoms with Gasteiger partial charge in [0.15, 0.2) is 5.78 Å². The summed E-state index contributed by atoms with van der Waals surface area (Å²) < 4.78 is 40.4. The van der Waals surface area contributed by atoms with Crippen molar-refractivity contribution < 1.29 is 37.9 Å². The van der Waals surface area contributed by atoms with Gasteiger partial charge in [-0.1, -0.05) is 94.8 Å². The van der Waals surface area contributed by atoms with Gasteiger partial charge in [-0.3, -0.25) is 14.4 Å². The molecule has 0 bridgehead atoms. The first-order valence-electron chi connectivity index (χ1n) is 17.7. The number of ether oxygens (including phenoxy) is 4. The van der Waals surface area contributed by atoms with Crippen LogP contribution in [0.2, 0.25) is 0 Å². The van der Waals surface area contributed by atoms with E-state index in [2.05, 4.69) is 0 Å². The number of carbonyl (C=O) groups excluding carboxylic acids is 3. The lowest BCUT2D eigenvalue weighted by atomic mass is 9.61. The van der Waals surface area contributed by atoms with Crippen molar-refractivity contribution in [3.63, 3.8) is 0 Å². The zero-order valence-electron chi connectivity index (χ0n) is 33.1. The van der Waals surface area contributed by atoms with E-state index in [1.165, 1.54) is 28.4 Å². The minimum Gasteiger partial charge on any atom is -0.496 e. The van der Waals surface area contributed by atoms with Gasteiger partial charge in [-0.2, -0.15) is 0 Å². The Morgan fingerprint density at radius 2 is 1.00 bits per heavy atom. The van der Waals surface area contributed by atoms with E-state index < -0.39 is 40.0 Å². The third-order valence-electron chi connectivity index (χ3n) is 10.3. The van der Waals surface area contributed by atoms with Crippen LogP contribution in [0.4, 0.5) is 0 Å². The predicted molar refractivity (Wildman–Crippen MR) is 211 cm³/mol. The monoisotopic (exact) mass is 740 g/mol. The first-order chi connectivity index (χ1) is 24.9. The molecule has 0 N–H and O–H groups in total. The molecule has 2 atom stereocenters. The second-order valence-corrected chi connectivity index (χ2v) is 17.8. The van der Waals surface area contributed by atoms with Gasteiger partial charge in [-0.05, 0) is 85.4 Å². The average Bonchev–Trinajstić information content (AvgIpc) is 3.12. The molecule has 2 unspecified atom stereocenters. The summed E-state index contributed by atoms with van der Waals surface area (Å²) in [6.07, 6.45) is 0.573. The van der Waals surface area contributed by atoms with Gasteiger partial charge < -0.3 is 23.5 Å². The highest BCUT2D eigenvalue weighted by Crippen LogP contribution is 2.77. The van der Waals surface area contributed by atoms with Crippen LogP contribution >= 0.6 is 7.14 Å². The summed E-state index contributed by atoms with van der Waals surface area (Å²) in [4.78, 5) is 48.6. The second-order valence-electron chi connectivity index (χ2n) is 15.1. The van der Waals surface area contributed by atoms with Gasteiger partial charge in [-0.25, -0.2) is 0 Å². The molecule has 4 aromatic carbocycles. The average molecular weight is 741 g/mol. The lowest BCUT2D eigenvalue weighted by Gasteiger charge is -2.53. The fourth-order valence-electron chi connectivity index (χ4n) is 8.37. The van der Waals surface area contributed by atoms with E-state index >= 15 is 18.9 Å². The molecule has 282 valence electrons. The summed E-state index contributed by atoms with van der Waals surface area (Å²) in [7, 11) is 0.110. The SMILES string of the molecule is CCC(C)(CC(C)(C)C)C(C(=O)c1c(C)cc(C)cc1C)(c1ccccc1)P(=O)(C(=O)c1c(OC)cccc1OC)C(=O)c1c(OC)cccc1OC. The number of hydrogen-bond donors (Lipinski definition) is 0. The topological polar surface area (TPSA) is 105 Å². The molecule has 0 spiro atoms. The summed E-state index contributed by atoms with van der Waals surface area (Å²) in [5.41, 5.74) is -1.53. The maximum Gasteiger partial charge on any atom is 0.239 e. The molecule has 0 radical (unpaired) electrons. The molecule has 8 nitrogen and oxygen atoms in total. The Kier molecular flexibility index (Phi) is 12.2. The van der Waals surface area contributed by atoms with E-state index in [0.717, 1.165) is 5.56 Å². The highest BCUT2D eigenvalue weighted by atomic mass is 31.2. The van der Waals surface area contributed by atoms with Crippen LogP contribution < -0.4 is 18.9 Å². The van der Waals surface area contributed by atoms with Crippen LogP contribution in [-0.4, -0.2) is 45.3 Å². The van der Waals surface area contributed by atoms with E-state index in [-0.39, 0.29) is 46.1 Å². The summed E-state index contributed by atoms with van der Waals surface area (Å²) in [5, 5.41) is -2.29. The van der Waals surface area contributed by atoms with Crippen molar-refractivity contribution in [2.45, 2.75) is 73.4 Å². The minimum atomic E-state index is -5.41. The molecule has 0 aliphatic carbocycles. The van der Waals surface area contributed by atoms with Crippen molar-refractivity contribution >= 4 is 24.0 Å². The minimum absolute atomic E-state index is 0.0421. The van der Waals surface area contributed by atoms with Gasteiger partial charge in [0.25, 0.3) is 0 Å². The van der Waals surface area contributed by atoms with Crippen molar-refractivity contribution in [1.82, 2.24) is 0 Å². The molecule has 0 aliphatic rings. The lowest BCUT2D eigenvalue weighted by Crippen LogP contribution is -2.54.